The van der Waals surface area contributed by atoms with Crippen LogP contribution in [0.25, 0.3) is 0 Å². The molecule has 0 bridgehead atoms. The predicted octanol–water partition coefficient (Wildman–Crippen LogP) is 4.92. The number of methoxy groups -OCH3 is 1. The average Bonchev–Trinajstić information content (AvgIpc) is 2.52. The normalized spacial score (nSPS) is 12.2. The summed E-state index contributed by atoms with van der Waals surface area (Å²) in [6.45, 7) is 2.94. The molecule has 1 N–H and O–H groups in total. The van der Waals surface area contributed by atoms with Gasteiger partial charge in [0.15, 0.2) is 0 Å². The average molecular weight is 322 g/mol. The van der Waals surface area contributed by atoms with Crippen LogP contribution >= 0.6 is 23.4 Å². The van der Waals surface area contributed by atoms with E-state index in [0.717, 1.165) is 12.1 Å². The lowest BCUT2D eigenvalue weighted by molar-refractivity contribution is 0.414. The number of nitrogens with one attached hydrogen (secondary N) is 1. The maximum atomic E-state index is 6.14. The van der Waals surface area contributed by atoms with Gasteiger partial charge in [0.25, 0.3) is 0 Å². The van der Waals surface area contributed by atoms with E-state index in [1.807, 2.05) is 18.2 Å². The third-order valence-electron chi connectivity index (χ3n) is 3.44. The summed E-state index contributed by atoms with van der Waals surface area (Å²) in [7, 11) is 1.62. The highest BCUT2D eigenvalue weighted by molar-refractivity contribution is 7.98. The van der Waals surface area contributed by atoms with Gasteiger partial charge < -0.3 is 10.1 Å². The van der Waals surface area contributed by atoms with Crippen LogP contribution in [0.4, 0.5) is 0 Å². The number of rotatable bonds is 6. The highest BCUT2D eigenvalue weighted by atomic mass is 35.5. The van der Waals surface area contributed by atoms with Crippen molar-refractivity contribution in [1.29, 1.82) is 0 Å². The molecule has 0 amide bonds. The zero-order chi connectivity index (χ0) is 15.2. The molecule has 4 heteroatoms. The van der Waals surface area contributed by atoms with Crippen molar-refractivity contribution >= 4 is 23.4 Å². The van der Waals surface area contributed by atoms with E-state index in [4.69, 9.17) is 16.3 Å². The Morgan fingerprint density at radius 1 is 1.19 bits per heavy atom. The molecule has 2 aromatic rings. The number of hydrogen-bond donors (Lipinski definition) is 1. The van der Waals surface area contributed by atoms with Gasteiger partial charge in [-0.05, 0) is 48.6 Å². The van der Waals surface area contributed by atoms with Gasteiger partial charge in [-0.15, -0.1) is 11.8 Å². The van der Waals surface area contributed by atoms with Crippen molar-refractivity contribution in [2.45, 2.75) is 24.4 Å². The van der Waals surface area contributed by atoms with Crippen LogP contribution in [0.15, 0.2) is 47.4 Å². The van der Waals surface area contributed by atoms with Crippen LogP contribution in [0.2, 0.25) is 5.02 Å². The molecular formula is C17H20ClNOS. The molecule has 0 aliphatic rings. The van der Waals surface area contributed by atoms with E-state index in [-0.39, 0.29) is 0 Å². The summed E-state index contributed by atoms with van der Waals surface area (Å²) in [4.78, 5) is 1.29. The zero-order valence-electron chi connectivity index (χ0n) is 12.5. The Morgan fingerprint density at radius 3 is 2.48 bits per heavy atom. The minimum Gasteiger partial charge on any atom is -0.495 e. The molecule has 112 valence electrons. The zero-order valence-corrected chi connectivity index (χ0v) is 14.1. The first-order chi connectivity index (χ1) is 10.1. The second kappa shape index (κ2) is 7.74. The Balaban J connectivity index is 1.96. The smallest absolute Gasteiger partial charge is 0.137 e. The second-order valence-corrected chi connectivity index (χ2v) is 6.13. The standard InChI is InChI=1S/C17H20ClNOS/c1-12(14-5-7-15(21-3)8-6-14)19-11-13-4-9-17(20-2)16(18)10-13/h4-10,12,19H,11H2,1-3H3. The van der Waals surface area contributed by atoms with Crippen LogP contribution in [0.1, 0.15) is 24.1 Å². The largest absolute Gasteiger partial charge is 0.495 e. The number of halogens is 1. The summed E-state index contributed by atoms with van der Waals surface area (Å²) >= 11 is 7.90. The van der Waals surface area contributed by atoms with E-state index in [1.54, 1.807) is 18.9 Å². The summed E-state index contributed by atoms with van der Waals surface area (Å²) in [5.74, 6) is 0.709. The molecule has 1 unspecified atom stereocenters. The van der Waals surface area contributed by atoms with E-state index < -0.39 is 0 Å². The molecule has 0 radical (unpaired) electrons. The summed E-state index contributed by atoms with van der Waals surface area (Å²) < 4.78 is 5.16. The topological polar surface area (TPSA) is 21.3 Å². The van der Waals surface area contributed by atoms with Gasteiger partial charge in [0.05, 0.1) is 12.1 Å². The molecule has 0 saturated carbocycles. The molecule has 0 aromatic heterocycles. The molecule has 1 atom stereocenters. The molecule has 0 fully saturated rings. The molecule has 0 aliphatic carbocycles. The first kappa shape index (κ1) is 16.2. The van der Waals surface area contributed by atoms with E-state index in [1.165, 1.54) is 10.5 Å². The van der Waals surface area contributed by atoms with Gasteiger partial charge in [0, 0.05) is 17.5 Å². The van der Waals surface area contributed by atoms with E-state index >= 15 is 0 Å². The monoisotopic (exact) mass is 321 g/mol. The van der Waals surface area contributed by atoms with Gasteiger partial charge in [-0.2, -0.15) is 0 Å². The Hall–Kier alpha value is -1.16. The highest BCUT2D eigenvalue weighted by Crippen LogP contribution is 2.25. The highest BCUT2D eigenvalue weighted by Gasteiger charge is 2.06. The molecular weight excluding hydrogens is 302 g/mol. The van der Waals surface area contributed by atoms with Crippen LogP contribution in [0.3, 0.4) is 0 Å². The predicted molar refractivity (Wildman–Crippen MR) is 91.5 cm³/mol. The summed E-state index contributed by atoms with van der Waals surface area (Å²) in [6, 6.07) is 14.8. The van der Waals surface area contributed by atoms with Crippen LogP contribution in [-0.2, 0) is 6.54 Å². The van der Waals surface area contributed by atoms with Gasteiger partial charge in [0.2, 0.25) is 0 Å². The van der Waals surface area contributed by atoms with Crippen LogP contribution < -0.4 is 10.1 Å². The van der Waals surface area contributed by atoms with Gasteiger partial charge >= 0.3 is 0 Å². The Bertz CT molecular complexity index is 586. The van der Waals surface area contributed by atoms with E-state index in [9.17, 15) is 0 Å². The van der Waals surface area contributed by atoms with Crippen molar-refractivity contribution in [2.24, 2.45) is 0 Å². The molecule has 2 aromatic carbocycles. The first-order valence-electron chi connectivity index (χ1n) is 6.83. The molecule has 0 aliphatic heterocycles. The minimum atomic E-state index is 0.293. The maximum absolute atomic E-state index is 6.14. The van der Waals surface area contributed by atoms with Crippen LogP contribution in [-0.4, -0.2) is 13.4 Å². The molecule has 0 saturated heterocycles. The van der Waals surface area contributed by atoms with Crippen LogP contribution in [0.5, 0.6) is 5.75 Å². The minimum absolute atomic E-state index is 0.293. The van der Waals surface area contributed by atoms with Crippen molar-refractivity contribution in [3.8, 4) is 5.75 Å². The lowest BCUT2D eigenvalue weighted by atomic mass is 10.1. The Kier molecular flexibility index (Phi) is 5.97. The fraction of sp³-hybridized carbons (Fsp3) is 0.294. The van der Waals surface area contributed by atoms with Gasteiger partial charge in [-0.25, -0.2) is 0 Å². The van der Waals surface area contributed by atoms with Crippen molar-refractivity contribution in [1.82, 2.24) is 5.32 Å². The SMILES string of the molecule is COc1ccc(CNC(C)c2ccc(SC)cc2)cc1Cl. The number of ether oxygens (including phenoxy) is 1. The third kappa shape index (κ3) is 4.40. The number of benzene rings is 2. The number of hydrogen-bond acceptors (Lipinski definition) is 3. The molecule has 21 heavy (non-hydrogen) atoms. The molecule has 2 rings (SSSR count). The van der Waals surface area contributed by atoms with E-state index in [2.05, 4.69) is 42.8 Å². The van der Waals surface area contributed by atoms with Crippen molar-refractivity contribution < 1.29 is 4.74 Å². The first-order valence-corrected chi connectivity index (χ1v) is 8.44. The second-order valence-electron chi connectivity index (χ2n) is 4.84. The van der Waals surface area contributed by atoms with Crippen LogP contribution in [0, 0.1) is 0 Å². The number of thioether (sulfide) groups is 1. The molecule has 2 nitrogen and oxygen atoms in total. The van der Waals surface area contributed by atoms with Crippen molar-refractivity contribution in [3.05, 3.63) is 58.6 Å². The third-order valence-corrected chi connectivity index (χ3v) is 4.48. The lowest BCUT2D eigenvalue weighted by Crippen LogP contribution is -2.18. The fourth-order valence-electron chi connectivity index (χ4n) is 2.10. The lowest BCUT2D eigenvalue weighted by Gasteiger charge is -2.15. The molecule has 0 spiro atoms. The van der Waals surface area contributed by atoms with E-state index in [0.29, 0.717) is 16.8 Å². The summed E-state index contributed by atoms with van der Waals surface area (Å²) in [5.41, 5.74) is 2.43. The van der Waals surface area contributed by atoms with Gasteiger partial charge in [-0.1, -0.05) is 29.8 Å². The van der Waals surface area contributed by atoms with Gasteiger partial charge in [0.1, 0.15) is 5.75 Å². The fourth-order valence-corrected chi connectivity index (χ4v) is 2.79. The van der Waals surface area contributed by atoms with Crippen molar-refractivity contribution in [3.63, 3.8) is 0 Å². The quantitative estimate of drug-likeness (QED) is 0.763. The maximum Gasteiger partial charge on any atom is 0.137 e. The molecule has 0 heterocycles. The Morgan fingerprint density at radius 2 is 1.90 bits per heavy atom. The Labute approximate surface area is 135 Å². The van der Waals surface area contributed by atoms with Crippen molar-refractivity contribution in [2.75, 3.05) is 13.4 Å². The van der Waals surface area contributed by atoms with Gasteiger partial charge in [-0.3, -0.25) is 0 Å². The summed E-state index contributed by atoms with van der Waals surface area (Å²) in [5, 5.41) is 4.16. The summed E-state index contributed by atoms with van der Waals surface area (Å²) in [6.07, 6.45) is 2.09.